The molecule has 0 amide bonds. The van der Waals surface area contributed by atoms with E-state index in [-0.39, 0.29) is 6.42 Å². The zero-order valence-electron chi connectivity index (χ0n) is 8.62. The van der Waals surface area contributed by atoms with Crippen LogP contribution in [0.2, 0.25) is 0 Å². The summed E-state index contributed by atoms with van der Waals surface area (Å²) in [6.07, 6.45) is 5.65. The zero-order valence-corrected chi connectivity index (χ0v) is 8.62. The molecular formula is C11H16O3. The van der Waals surface area contributed by atoms with Crippen LogP contribution in [0.4, 0.5) is 0 Å². The molecule has 0 aliphatic rings. The van der Waals surface area contributed by atoms with Crippen molar-refractivity contribution in [3.8, 4) is 0 Å². The fraction of sp³-hybridized carbons (Fsp3) is 0.364. The maximum Gasteiger partial charge on any atom is 0.307 e. The number of aliphatic carboxylic acids is 1. The third kappa shape index (κ3) is 7.16. The van der Waals surface area contributed by atoms with Crippen molar-refractivity contribution in [2.24, 2.45) is 0 Å². The summed E-state index contributed by atoms with van der Waals surface area (Å²) in [4.78, 5) is 10.5. The van der Waals surface area contributed by atoms with Gasteiger partial charge >= 0.3 is 5.97 Å². The minimum atomic E-state index is -0.848. The molecule has 0 unspecified atom stereocenters. The van der Waals surface area contributed by atoms with Gasteiger partial charge in [-0.2, -0.15) is 0 Å². The minimum Gasteiger partial charge on any atom is -0.504 e. The third-order valence-corrected chi connectivity index (χ3v) is 1.49. The van der Waals surface area contributed by atoms with Gasteiger partial charge in [-0.25, -0.2) is 0 Å². The molecular weight excluding hydrogens is 180 g/mol. The first-order valence-electron chi connectivity index (χ1n) is 4.30. The molecule has 0 aliphatic heterocycles. The Morgan fingerprint density at radius 2 is 2.21 bits per heavy atom. The van der Waals surface area contributed by atoms with E-state index in [9.17, 15) is 4.79 Å². The molecule has 0 saturated heterocycles. The first-order chi connectivity index (χ1) is 6.56. The first-order valence-corrected chi connectivity index (χ1v) is 4.30. The summed E-state index contributed by atoms with van der Waals surface area (Å²) in [5.74, 6) is -0.848. The van der Waals surface area contributed by atoms with Gasteiger partial charge in [0, 0.05) is 0 Å². The molecule has 0 fully saturated rings. The first kappa shape index (κ1) is 12.5. The molecule has 14 heavy (non-hydrogen) atoms. The van der Waals surface area contributed by atoms with Crippen LogP contribution in [0.1, 0.15) is 19.8 Å². The van der Waals surface area contributed by atoms with Gasteiger partial charge in [-0.1, -0.05) is 18.2 Å². The van der Waals surface area contributed by atoms with Crippen molar-refractivity contribution < 1.29 is 14.6 Å². The maximum atomic E-state index is 10.5. The molecule has 0 heterocycles. The molecule has 0 bridgehead atoms. The monoisotopic (exact) mass is 196 g/mol. The molecule has 78 valence electrons. The van der Waals surface area contributed by atoms with Gasteiger partial charge in [0.1, 0.15) is 0 Å². The average molecular weight is 196 g/mol. The molecule has 0 radical (unpaired) electrons. The Balaban J connectivity index is 4.37. The number of allylic oxidation sites excluding steroid dienone is 3. The lowest BCUT2D eigenvalue weighted by Crippen LogP contribution is -1.95. The van der Waals surface area contributed by atoms with E-state index in [0.29, 0.717) is 6.42 Å². The van der Waals surface area contributed by atoms with Crippen LogP contribution in [-0.4, -0.2) is 18.2 Å². The standard InChI is InChI=1S/C11H16O3/c1-9(2)4-5-10(6-7-14-3)8-11(12)13/h5-7H,1,4,8H2,2-3H3,(H,12,13)/b7-6+,10-5+. The van der Waals surface area contributed by atoms with E-state index in [0.717, 1.165) is 11.1 Å². The number of carbonyl (C=O) groups is 1. The summed E-state index contributed by atoms with van der Waals surface area (Å²) in [6.45, 7) is 5.64. The van der Waals surface area contributed by atoms with Crippen molar-refractivity contribution in [2.75, 3.05) is 7.11 Å². The van der Waals surface area contributed by atoms with Crippen LogP contribution in [0.3, 0.4) is 0 Å². The lowest BCUT2D eigenvalue weighted by molar-refractivity contribution is -0.136. The van der Waals surface area contributed by atoms with Crippen molar-refractivity contribution in [1.82, 2.24) is 0 Å². The highest BCUT2D eigenvalue weighted by Gasteiger charge is 2.00. The number of hydrogen-bond acceptors (Lipinski definition) is 2. The van der Waals surface area contributed by atoms with Gasteiger partial charge in [0.25, 0.3) is 0 Å². The fourth-order valence-electron chi connectivity index (χ4n) is 0.835. The molecule has 0 aromatic rings. The van der Waals surface area contributed by atoms with Crippen molar-refractivity contribution in [2.45, 2.75) is 19.8 Å². The van der Waals surface area contributed by atoms with Gasteiger partial charge in [-0.3, -0.25) is 4.79 Å². The number of rotatable bonds is 6. The van der Waals surface area contributed by atoms with Gasteiger partial charge in [-0.15, -0.1) is 0 Å². The van der Waals surface area contributed by atoms with E-state index in [1.165, 1.54) is 13.4 Å². The number of ether oxygens (including phenoxy) is 1. The SMILES string of the molecule is C=C(C)C/C=C(\C=C\OC)CC(=O)O. The molecule has 1 N–H and O–H groups in total. The van der Waals surface area contributed by atoms with Crippen LogP contribution < -0.4 is 0 Å². The van der Waals surface area contributed by atoms with Crippen LogP contribution >= 0.6 is 0 Å². The molecule has 0 aliphatic carbocycles. The van der Waals surface area contributed by atoms with Gasteiger partial charge in [-0.05, 0) is 25.0 Å². The lowest BCUT2D eigenvalue weighted by atomic mass is 10.1. The molecule has 3 heteroatoms. The van der Waals surface area contributed by atoms with Gasteiger partial charge < -0.3 is 9.84 Å². The number of methoxy groups -OCH3 is 1. The predicted molar refractivity (Wildman–Crippen MR) is 55.9 cm³/mol. The molecule has 3 nitrogen and oxygen atoms in total. The largest absolute Gasteiger partial charge is 0.504 e. The Bertz CT molecular complexity index is 262. The van der Waals surface area contributed by atoms with E-state index >= 15 is 0 Å². The Morgan fingerprint density at radius 1 is 1.57 bits per heavy atom. The summed E-state index contributed by atoms with van der Waals surface area (Å²) in [6, 6.07) is 0. The summed E-state index contributed by atoms with van der Waals surface area (Å²) >= 11 is 0. The van der Waals surface area contributed by atoms with E-state index in [2.05, 4.69) is 6.58 Å². The summed E-state index contributed by atoms with van der Waals surface area (Å²) in [7, 11) is 1.52. The van der Waals surface area contributed by atoms with E-state index < -0.39 is 5.97 Å². The Hall–Kier alpha value is -1.51. The normalized spacial score (nSPS) is 11.7. The van der Waals surface area contributed by atoms with Gasteiger partial charge in [0.15, 0.2) is 0 Å². The number of carboxylic acids is 1. The molecule has 0 atom stereocenters. The maximum absolute atomic E-state index is 10.5. The Morgan fingerprint density at radius 3 is 2.64 bits per heavy atom. The topological polar surface area (TPSA) is 46.5 Å². The molecule has 0 spiro atoms. The van der Waals surface area contributed by atoms with Gasteiger partial charge in [0.2, 0.25) is 0 Å². The van der Waals surface area contributed by atoms with Crippen LogP contribution in [0.15, 0.2) is 36.1 Å². The molecule has 0 saturated carbocycles. The minimum absolute atomic E-state index is 0.00708. The highest BCUT2D eigenvalue weighted by atomic mass is 16.5. The summed E-state index contributed by atoms with van der Waals surface area (Å²) < 4.78 is 4.72. The average Bonchev–Trinajstić information content (AvgIpc) is 2.09. The second-order valence-corrected chi connectivity index (χ2v) is 3.05. The predicted octanol–water partition coefficient (Wildman–Crippen LogP) is 2.51. The van der Waals surface area contributed by atoms with Crippen LogP contribution in [0.25, 0.3) is 0 Å². The van der Waals surface area contributed by atoms with Crippen molar-refractivity contribution in [1.29, 1.82) is 0 Å². The Labute approximate surface area is 84.4 Å². The summed E-state index contributed by atoms with van der Waals surface area (Å²) in [5.41, 5.74) is 1.72. The van der Waals surface area contributed by atoms with E-state index in [1.807, 2.05) is 13.0 Å². The van der Waals surface area contributed by atoms with Crippen molar-refractivity contribution in [3.63, 3.8) is 0 Å². The second kappa shape index (κ2) is 6.95. The number of carboxylic acid groups (broad SMARTS) is 1. The fourth-order valence-corrected chi connectivity index (χ4v) is 0.835. The highest BCUT2D eigenvalue weighted by Crippen LogP contribution is 2.08. The van der Waals surface area contributed by atoms with E-state index in [4.69, 9.17) is 9.84 Å². The quantitative estimate of drug-likeness (QED) is 0.403. The van der Waals surface area contributed by atoms with Crippen molar-refractivity contribution in [3.05, 3.63) is 36.1 Å². The molecule has 0 rings (SSSR count). The molecule has 0 aromatic carbocycles. The summed E-state index contributed by atoms with van der Waals surface area (Å²) in [5, 5.41) is 8.61. The van der Waals surface area contributed by atoms with Crippen LogP contribution in [0.5, 0.6) is 0 Å². The lowest BCUT2D eigenvalue weighted by Gasteiger charge is -1.98. The number of hydrogen-bond donors (Lipinski definition) is 1. The highest BCUT2D eigenvalue weighted by molar-refractivity contribution is 5.70. The smallest absolute Gasteiger partial charge is 0.307 e. The van der Waals surface area contributed by atoms with Crippen molar-refractivity contribution >= 4 is 5.97 Å². The third-order valence-electron chi connectivity index (χ3n) is 1.49. The van der Waals surface area contributed by atoms with Crippen LogP contribution in [0, 0.1) is 0 Å². The van der Waals surface area contributed by atoms with Crippen LogP contribution in [-0.2, 0) is 9.53 Å². The zero-order chi connectivity index (χ0) is 11.0. The molecule has 0 aromatic heterocycles. The van der Waals surface area contributed by atoms with Gasteiger partial charge in [0.05, 0.1) is 19.8 Å². The second-order valence-electron chi connectivity index (χ2n) is 3.05. The van der Waals surface area contributed by atoms with E-state index in [1.54, 1.807) is 6.08 Å². The Kier molecular flexibility index (Phi) is 6.20.